The molecule has 8 nitrogen and oxygen atoms in total. The number of H-pyrrole nitrogens is 1. The molecule has 2 heterocycles. The molecule has 2 aromatic heterocycles. The minimum absolute atomic E-state index is 0.231. The van der Waals surface area contributed by atoms with E-state index in [0.717, 1.165) is 11.3 Å². The largest absolute Gasteiger partial charge is 0.457 e. The number of hydrogen-bond donors (Lipinski definition) is 4. The molecule has 0 fully saturated rings. The Morgan fingerprint density at radius 2 is 1.78 bits per heavy atom. The maximum Gasteiger partial charge on any atom is 0.243 e. The third-order valence-corrected chi connectivity index (χ3v) is 5.27. The zero-order chi connectivity index (χ0) is 25.5. The van der Waals surface area contributed by atoms with Crippen molar-refractivity contribution in [3.63, 3.8) is 0 Å². The molecule has 0 unspecified atom stereocenters. The number of hydrogen-bond acceptors (Lipinski definition) is 6. The number of imidazole rings is 1. The molecule has 0 saturated carbocycles. The van der Waals surface area contributed by atoms with Gasteiger partial charge in [-0.15, -0.1) is 0 Å². The molecule has 0 radical (unpaired) electrons. The van der Waals surface area contributed by atoms with Crippen molar-refractivity contribution in [2.75, 3.05) is 11.9 Å². The molecule has 0 aliphatic rings. The fourth-order valence-electron chi connectivity index (χ4n) is 3.45. The molecule has 9 heteroatoms. The van der Waals surface area contributed by atoms with Gasteiger partial charge in [0, 0.05) is 24.7 Å². The summed E-state index contributed by atoms with van der Waals surface area (Å²) < 4.78 is 18.8. The summed E-state index contributed by atoms with van der Waals surface area (Å²) in [6.07, 6.45) is 3.64. The van der Waals surface area contributed by atoms with E-state index in [4.69, 9.17) is 4.74 Å². The summed E-state index contributed by atoms with van der Waals surface area (Å²) in [6, 6.07) is 17.9. The first-order valence-corrected chi connectivity index (χ1v) is 11.5. The molecule has 0 spiro atoms. The van der Waals surface area contributed by atoms with Gasteiger partial charge in [0.1, 0.15) is 23.1 Å². The standard InChI is InChI=1S/C27H28FN5O3/c1-27(2,35)16-30-24(14-20-15-29-17-31-20)26(34)33-25-5-3-4-23(32-25)18-6-10-21(11-7-18)36-22-12-8-19(28)9-13-22/h3-13,15,17,24,30,35H,14,16H2,1-2H3,(H,29,31)(H,32,33,34)/t24-/m0/s1. The van der Waals surface area contributed by atoms with Gasteiger partial charge >= 0.3 is 0 Å². The molecule has 4 aromatic rings. The Morgan fingerprint density at radius 3 is 2.42 bits per heavy atom. The average molecular weight is 490 g/mol. The molecular formula is C27H28FN5O3. The van der Waals surface area contributed by atoms with Crippen LogP contribution < -0.4 is 15.4 Å². The van der Waals surface area contributed by atoms with Crippen LogP contribution in [0.15, 0.2) is 79.3 Å². The molecule has 0 bridgehead atoms. The number of benzene rings is 2. The van der Waals surface area contributed by atoms with E-state index in [9.17, 15) is 14.3 Å². The summed E-state index contributed by atoms with van der Waals surface area (Å²) in [5.74, 6) is 0.941. The summed E-state index contributed by atoms with van der Waals surface area (Å²) in [4.78, 5) is 24.7. The zero-order valence-corrected chi connectivity index (χ0v) is 20.0. The number of halogens is 1. The van der Waals surface area contributed by atoms with Crippen molar-refractivity contribution in [1.82, 2.24) is 20.3 Å². The lowest BCUT2D eigenvalue weighted by Crippen LogP contribution is -2.47. The predicted molar refractivity (Wildman–Crippen MR) is 135 cm³/mol. The first-order chi connectivity index (χ1) is 17.2. The highest BCUT2D eigenvalue weighted by Gasteiger charge is 2.23. The number of nitrogens with one attached hydrogen (secondary N) is 3. The smallest absolute Gasteiger partial charge is 0.243 e. The van der Waals surface area contributed by atoms with Crippen molar-refractivity contribution in [1.29, 1.82) is 0 Å². The number of rotatable bonds is 10. The van der Waals surface area contributed by atoms with Crippen LogP contribution in [0.25, 0.3) is 11.3 Å². The van der Waals surface area contributed by atoms with Gasteiger partial charge in [-0.3, -0.25) is 4.79 Å². The van der Waals surface area contributed by atoms with E-state index >= 15 is 0 Å². The van der Waals surface area contributed by atoms with Crippen LogP contribution in [0.2, 0.25) is 0 Å². The first kappa shape index (κ1) is 25.0. The maximum absolute atomic E-state index is 13.1. The Labute approximate surface area is 208 Å². The van der Waals surface area contributed by atoms with Gasteiger partial charge in [-0.2, -0.15) is 0 Å². The van der Waals surface area contributed by atoms with Crippen LogP contribution in [-0.4, -0.2) is 44.2 Å². The van der Waals surface area contributed by atoms with Crippen LogP contribution in [0, 0.1) is 5.82 Å². The number of aromatic amines is 1. The lowest BCUT2D eigenvalue weighted by molar-refractivity contribution is -0.118. The SMILES string of the molecule is CC(C)(O)CN[C@@H](Cc1c[nH]cn1)C(=O)Nc1cccc(-c2ccc(Oc3ccc(F)cc3)cc2)n1. The third-order valence-electron chi connectivity index (χ3n) is 5.27. The molecule has 0 aliphatic heterocycles. The van der Waals surface area contributed by atoms with E-state index < -0.39 is 11.6 Å². The van der Waals surface area contributed by atoms with E-state index in [1.165, 1.54) is 12.1 Å². The van der Waals surface area contributed by atoms with Gasteiger partial charge < -0.3 is 25.5 Å². The highest BCUT2D eigenvalue weighted by molar-refractivity contribution is 5.94. The number of aliphatic hydroxyl groups is 1. The number of pyridine rings is 1. The van der Waals surface area contributed by atoms with Crippen LogP contribution in [0.3, 0.4) is 0 Å². The van der Waals surface area contributed by atoms with Crippen LogP contribution in [-0.2, 0) is 11.2 Å². The second-order valence-corrected chi connectivity index (χ2v) is 8.99. The highest BCUT2D eigenvalue weighted by atomic mass is 19.1. The van der Waals surface area contributed by atoms with E-state index in [2.05, 4.69) is 25.6 Å². The van der Waals surface area contributed by atoms with E-state index in [1.807, 2.05) is 24.3 Å². The van der Waals surface area contributed by atoms with Crippen LogP contribution in [0.4, 0.5) is 10.2 Å². The quantitative estimate of drug-likeness (QED) is 0.264. The number of carbonyl (C=O) groups excluding carboxylic acids is 1. The van der Waals surface area contributed by atoms with Crippen LogP contribution >= 0.6 is 0 Å². The lowest BCUT2D eigenvalue weighted by atomic mass is 10.1. The Bertz CT molecular complexity index is 1270. The van der Waals surface area contributed by atoms with Gasteiger partial charge in [0.2, 0.25) is 5.91 Å². The van der Waals surface area contributed by atoms with Gasteiger partial charge in [0.25, 0.3) is 0 Å². The van der Waals surface area contributed by atoms with Crippen molar-refractivity contribution in [2.24, 2.45) is 0 Å². The van der Waals surface area contributed by atoms with E-state index in [-0.39, 0.29) is 18.3 Å². The number of nitrogens with zero attached hydrogens (tertiary/aromatic N) is 2. The minimum Gasteiger partial charge on any atom is -0.457 e. The summed E-state index contributed by atoms with van der Waals surface area (Å²) in [7, 11) is 0. The maximum atomic E-state index is 13.1. The van der Waals surface area contributed by atoms with Gasteiger partial charge in [-0.1, -0.05) is 6.07 Å². The first-order valence-electron chi connectivity index (χ1n) is 11.5. The number of anilines is 1. The minimum atomic E-state index is -0.977. The Balaban J connectivity index is 1.44. The molecule has 4 N–H and O–H groups in total. The molecule has 36 heavy (non-hydrogen) atoms. The normalized spacial score (nSPS) is 12.2. The molecule has 0 aliphatic carbocycles. The van der Waals surface area contributed by atoms with Crippen molar-refractivity contribution in [3.05, 3.63) is 90.8 Å². The van der Waals surface area contributed by atoms with Gasteiger partial charge in [-0.05, 0) is 74.5 Å². The Kier molecular flexibility index (Phi) is 7.72. The number of aromatic nitrogens is 3. The predicted octanol–water partition coefficient (Wildman–Crippen LogP) is 4.31. The third kappa shape index (κ3) is 7.21. The Hall–Kier alpha value is -4.08. The molecule has 4 rings (SSSR count). The fraction of sp³-hybridized carbons (Fsp3) is 0.222. The lowest BCUT2D eigenvalue weighted by Gasteiger charge is -2.23. The second-order valence-electron chi connectivity index (χ2n) is 8.99. The summed E-state index contributed by atoms with van der Waals surface area (Å²) >= 11 is 0. The molecule has 1 amide bonds. The fourth-order valence-corrected chi connectivity index (χ4v) is 3.45. The van der Waals surface area contributed by atoms with Crippen LogP contribution in [0.1, 0.15) is 19.5 Å². The van der Waals surface area contributed by atoms with Crippen molar-refractivity contribution in [2.45, 2.75) is 31.9 Å². The zero-order valence-electron chi connectivity index (χ0n) is 20.0. The Morgan fingerprint density at radius 1 is 1.08 bits per heavy atom. The summed E-state index contributed by atoms with van der Waals surface area (Å²) in [6.45, 7) is 3.57. The van der Waals surface area contributed by atoms with Crippen LogP contribution in [0.5, 0.6) is 11.5 Å². The van der Waals surface area contributed by atoms with Gasteiger partial charge in [-0.25, -0.2) is 14.4 Å². The van der Waals surface area contributed by atoms with Crippen molar-refractivity contribution >= 4 is 11.7 Å². The van der Waals surface area contributed by atoms with E-state index in [1.54, 1.807) is 56.7 Å². The summed E-state index contributed by atoms with van der Waals surface area (Å²) in [5, 5.41) is 16.1. The van der Waals surface area contributed by atoms with Crippen molar-refractivity contribution in [3.8, 4) is 22.8 Å². The van der Waals surface area contributed by atoms with Gasteiger partial charge in [0.15, 0.2) is 0 Å². The number of amides is 1. The molecule has 0 saturated heterocycles. The molecule has 186 valence electrons. The molecular weight excluding hydrogens is 461 g/mol. The molecule has 1 atom stereocenters. The van der Waals surface area contributed by atoms with Crippen molar-refractivity contribution < 1.29 is 19.0 Å². The highest BCUT2D eigenvalue weighted by Crippen LogP contribution is 2.26. The second kappa shape index (κ2) is 11.1. The topological polar surface area (TPSA) is 112 Å². The average Bonchev–Trinajstić information content (AvgIpc) is 3.36. The van der Waals surface area contributed by atoms with Gasteiger partial charge in [0.05, 0.1) is 29.4 Å². The number of ether oxygens (including phenoxy) is 1. The summed E-state index contributed by atoms with van der Waals surface area (Å²) in [5.41, 5.74) is 1.26. The monoisotopic (exact) mass is 489 g/mol. The molecule has 2 aromatic carbocycles. The van der Waals surface area contributed by atoms with E-state index in [0.29, 0.717) is 29.4 Å². The number of carbonyl (C=O) groups is 1.